The van der Waals surface area contributed by atoms with Gasteiger partial charge in [0.2, 0.25) is 0 Å². The van der Waals surface area contributed by atoms with Crippen molar-refractivity contribution >= 4 is 28.1 Å². The molecule has 1 aromatic heterocycles. The van der Waals surface area contributed by atoms with Crippen molar-refractivity contribution in [1.82, 2.24) is 4.98 Å². The largest absolute Gasteiger partial charge is 0.464 e. The SMILES string of the molecule is COC(=O)c1nc(Nc2c(C)cc(C)cc2C)sc1C. The normalized spacial score (nSPS) is 10.4. The van der Waals surface area contributed by atoms with Gasteiger partial charge in [-0.1, -0.05) is 17.7 Å². The molecule has 0 saturated heterocycles. The van der Waals surface area contributed by atoms with Gasteiger partial charge in [0.05, 0.1) is 7.11 Å². The average Bonchev–Trinajstić information content (AvgIpc) is 2.74. The Morgan fingerprint density at radius 2 is 1.80 bits per heavy atom. The Morgan fingerprint density at radius 1 is 1.20 bits per heavy atom. The highest BCUT2D eigenvalue weighted by atomic mass is 32.1. The fraction of sp³-hybridized carbons (Fsp3) is 0.333. The number of thiazole rings is 1. The molecule has 0 aliphatic heterocycles. The fourth-order valence-electron chi connectivity index (χ4n) is 2.22. The number of carbonyl (C=O) groups excluding carboxylic acids is 1. The Kier molecular flexibility index (Phi) is 4.09. The fourth-order valence-corrected chi connectivity index (χ4v) is 3.03. The second-order valence-corrected chi connectivity index (χ2v) is 6.02. The number of nitrogens with zero attached hydrogens (tertiary/aromatic N) is 1. The summed E-state index contributed by atoms with van der Waals surface area (Å²) < 4.78 is 4.72. The molecule has 1 N–H and O–H groups in total. The van der Waals surface area contributed by atoms with Crippen molar-refractivity contribution in [1.29, 1.82) is 0 Å². The van der Waals surface area contributed by atoms with Crippen LogP contribution in [0.3, 0.4) is 0 Å². The van der Waals surface area contributed by atoms with Crippen LogP contribution < -0.4 is 5.32 Å². The molecule has 0 saturated carbocycles. The predicted molar refractivity (Wildman–Crippen MR) is 82.1 cm³/mol. The molecule has 1 heterocycles. The molecule has 4 nitrogen and oxygen atoms in total. The molecule has 0 radical (unpaired) electrons. The first-order valence-corrected chi connectivity index (χ1v) is 7.14. The van der Waals surface area contributed by atoms with Gasteiger partial charge in [0.1, 0.15) is 0 Å². The van der Waals surface area contributed by atoms with E-state index in [1.165, 1.54) is 24.0 Å². The van der Waals surface area contributed by atoms with E-state index in [4.69, 9.17) is 4.74 Å². The van der Waals surface area contributed by atoms with Crippen LogP contribution in [0, 0.1) is 27.7 Å². The smallest absolute Gasteiger partial charge is 0.357 e. The van der Waals surface area contributed by atoms with Crippen molar-refractivity contribution in [2.24, 2.45) is 0 Å². The van der Waals surface area contributed by atoms with Gasteiger partial charge in [-0.15, -0.1) is 11.3 Å². The molecule has 106 valence electrons. The van der Waals surface area contributed by atoms with Crippen LogP contribution >= 0.6 is 11.3 Å². The lowest BCUT2D eigenvalue weighted by Gasteiger charge is -2.11. The van der Waals surface area contributed by atoms with Gasteiger partial charge in [-0.05, 0) is 38.8 Å². The van der Waals surface area contributed by atoms with Crippen LogP contribution in [0.4, 0.5) is 10.8 Å². The van der Waals surface area contributed by atoms with E-state index in [0.29, 0.717) is 10.8 Å². The number of aromatic nitrogens is 1. The van der Waals surface area contributed by atoms with Crippen LogP contribution in [0.25, 0.3) is 0 Å². The van der Waals surface area contributed by atoms with Crippen LogP contribution in [-0.2, 0) is 4.74 Å². The maximum absolute atomic E-state index is 11.6. The van der Waals surface area contributed by atoms with Gasteiger partial charge >= 0.3 is 5.97 Å². The number of rotatable bonds is 3. The summed E-state index contributed by atoms with van der Waals surface area (Å²) >= 11 is 1.45. The minimum absolute atomic E-state index is 0.377. The van der Waals surface area contributed by atoms with Gasteiger partial charge in [0.15, 0.2) is 10.8 Å². The van der Waals surface area contributed by atoms with E-state index in [1.54, 1.807) is 0 Å². The molecule has 0 atom stereocenters. The Bertz CT molecular complexity index is 639. The second-order valence-electron chi connectivity index (χ2n) is 4.81. The van der Waals surface area contributed by atoms with Crippen molar-refractivity contribution in [2.45, 2.75) is 27.7 Å². The standard InChI is InChI=1S/C15H18N2O2S/c1-8-6-9(2)12(10(3)7-8)16-15-17-13(11(4)20-15)14(18)19-5/h6-7H,1-5H3,(H,16,17). The highest BCUT2D eigenvalue weighted by Crippen LogP contribution is 2.30. The third-order valence-electron chi connectivity index (χ3n) is 3.08. The molecule has 0 bridgehead atoms. The van der Waals surface area contributed by atoms with E-state index in [9.17, 15) is 4.79 Å². The van der Waals surface area contributed by atoms with E-state index >= 15 is 0 Å². The lowest BCUT2D eigenvalue weighted by atomic mass is 10.1. The summed E-state index contributed by atoms with van der Waals surface area (Å²) in [5, 5.41) is 4.01. The molecule has 5 heteroatoms. The van der Waals surface area contributed by atoms with Gasteiger partial charge in [0, 0.05) is 10.6 Å². The molecule has 2 rings (SSSR count). The van der Waals surface area contributed by atoms with Gasteiger partial charge in [-0.3, -0.25) is 0 Å². The number of benzene rings is 1. The topological polar surface area (TPSA) is 51.2 Å². The number of hydrogen-bond donors (Lipinski definition) is 1. The number of hydrogen-bond acceptors (Lipinski definition) is 5. The van der Waals surface area contributed by atoms with E-state index in [2.05, 4.69) is 43.2 Å². The summed E-state index contributed by atoms with van der Waals surface area (Å²) in [7, 11) is 1.36. The molecule has 0 aliphatic rings. The van der Waals surface area contributed by atoms with E-state index < -0.39 is 5.97 Å². The van der Waals surface area contributed by atoms with E-state index in [0.717, 1.165) is 21.7 Å². The van der Waals surface area contributed by atoms with Crippen LogP contribution in [-0.4, -0.2) is 18.1 Å². The third kappa shape index (κ3) is 2.82. The molecule has 1 aromatic carbocycles. The molecular formula is C15H18N2O2S. The maximum Gasteiger partial charge on any atom is 0.357 e. The summed E-state index contributed by atoms with van der Waals surface area (Å²) in [5.74, 6) is -0.399. The molecular weight excluding hydrogens is 272 g/mol. The molecule has 2 aromatic rings. The Labute approximate surface area is 122 Å². The number of carbonyl (C=O) groups is 1. The first kappa shape index (κ1) is 14.5. The Balaban J connectivity index is 2.34. The van der Waals surface area contributed by atoms with Crippen molar-refractivity contribution in [3.05, 3.63) is 39.4 Å². The third-order valence-corrected chi connectivity index (χ3v) is 3.97. The highest BCUT2D eigenvalue weighted by Gasteiger charge is 2.16. The van der Waals surface area contributed by atoms with Gasteiger partial charge < -0.3 is 10.1 Å². The molecule has 0 spiro atoms. The molecule has 0 fully saturated rings. The summed E-state index contributed by atoms with van der Waals surface area (Å²) in [6, 6.07) is 4.24. The first-order valence-electron chi connectivity index (χ1n) is 6.33. The molecule has 20 heavy (non-hydrogen) atoms. The van der Waals surface area contributed by atoms with E-state index in [-0.39, 0.29) is 0 Å². The molecule has 0 unspecified atom stereocenters. The molecule has 0 aliphatic carbocycles. The summed E-state index contributed by atoms with van der Waals surface area (Å²) in [6.07, 6.45) is 0. The number of ether oxygens (including phenoxy) is 1. The van der Waals surface area contributed by atoms with Gasteiger partial charge in [0.25, 0.3) is 0 Å². The lowest BCUT2D eigenvalue weighted by Crippen LogP contribution is -2.04. The zero-order valence-corrected chi connectivity index (χ0v) is 13.1. The number of anilines is 2. The predicted octanol–water partition coefficient (Wildman–Crippen LogP) is 3.91. The van der Waals surface area contributed by atoms with Crippen molar-refractivity contribution in [3.63, 3.8) is 0 Å². The minimum atomic E-state index is -0.399. The van der Waals surface area contributed by atoms with Crippen molar-refractivity contribution in [2.75, 3.05) is 12.4 Å². The van der Waals surface area contributed by atoms with Gasteiger partial charge in [-0.2, -0.15) is 0 Å². The summed E-state index contributed by atoms with van der Waals surface area (Å²) in [5.41, 5.74) is 4.98. The highest BCUT2D eigenvalue weighted by molar-refractivity contribution is 7.15. The Morgan fingerprint density at radius 3 is 2.35 bits per heavy atom. The van der Waals surface area contributed by atoms with Crippen LogP contribution in [0.1, 0.15) is 32.1 Å². The summed E-state index contributed by atoms with van der Waals surface area (Å²) in [6.45, 7) is 8.06. The monoisotopic (exact) mass is 290 g/mol. The zero-order chi connectivity index (χ0) is 14.9. The minimum Gasteiger partial charge on any atom is -0.464 e. The van der Waals surface area contributed by atoms with Crippen molar-refractivity contribution in [3.8, 4) is 0 Å². The Hall–Kier alpha value is -1.88. The van der Waals surface area contributed by atoms with Crippen LogP contribution in [0.15, 0.2) is 12.1 Å². The summed E-state index contributed by atoms with van der Waals surface area (Å²) in [4.78, 5) is 16.7. The number of aryl methyl sites for hydroxylation is 4. The maximum atomic E-state index is 11.6. The van der Waals surface area contributed by atoms with Crippen LogP contribution in [0.2, 0.25) is 0 Å². The number of nitrogens with one attached hydrogen (secondary N) is 1. The van der Waals surface area contributed by atoms with Crippen molar-refractivity contribution < 1.29 is 9.53 Å². The lowest BCUT2D eigenvalue weighted by molar-refractivity contribution is 0.0594. The van der Waals surface area contributed by atoms with Gasteiger partial charge in [-0.25, -0.2) is 9.78 Å². The quantitative estimate of drug-likeness (QED) is 0.871. The van der Waals surface area contributed by atoms with Crippen LogP contribution in [0.5, 0.6) is 0 Å². The zero-order valence-electron chi connectivity index (χ0n) is 12.3. The molecule has 0 amide bonds. The first-order chi connectivity index (χ1) is 9.42. The second kappa shape index (κ2) is 5.63. The number of methoxy groups -OCH3 is 1. The number of esters is 1. The average molecular weight is 290 g/mol. The van der Waals surface area contributed by atoms with E-state index in [1.807, 2.05) is 6.92 Å².